The fourth-order valence-electron chi connectivity index (χ4n) is 1.51. The van der Waals surface area contributed by atoms with Crippen LogP contribution in [0, 0.1) is 0 Å². The van der Waals surface area contributed by atoms with Crippen LogP contribution in [0.3, 0.4) is 0 Å². The monoisotopic (exact) mass is 281 g/mol. The second-order valence-electron chi connectivity index (χ2n) is 4.43. The van der Waals surface area contributed by atoms with Gasteiger partial charge in [-0.1, -0.05) is 6.07 Å². The molecule has 1 aromatic rings. The number of nitrogens with zero attached hydrogens (tertiary/aromatic N) is 2. The number of carboxylic acids is 1. The van der Waals surface area contributed by atoms with E-state index in [1.165, 1.54) is 12.3 Å². The fourth-order valence-corrected chi connectivity index (χ4v) is 1.51. The van der Waals surface area contributed by atoms with E-state index < -0.39 is 5.97 Å². The first-order chi connectivity index (χ1) is 9.45. The average molecular weight is 281 g/mol. The van der Waals surface area contributed by atoms with Crippen molar-refractivity contribution < 1.29 is 19.4 Å². The van der Waals surface area contributed by atoms with Crippen molar-refractivity contribution in [3.63, 3.8) is 0 Å². The van der Waals surface area contributed by atoms with Gasteiger partial charge in [0.1, 0.15) is 5.69 Å². The number of rotatable bonds is 6. The van der Waals surface area contributed by atoms with Gasteiger partial charge in [0.05, 0.1) is 12.6 Å². The molecule has 0 aliphatic heterocycles. The van der Waals surface area contributed by atoms with Crippen molar-refractivity contribution in [2.45, 2.75) is 19.5 Å². The van der Waals surface area contributed by atoms with Crippen LogP contribution in [0.25, 0.3) is 0 Å². The van der Waals surface area contributed by atoms with Crippen LogP contribution in [0.2, 0.25) is 0 Å². The maximum Gasteiger partial charge on any atom is 0.354 e. The first-order valence-corrected chi connectivity index (χ1v) is 6.13. The third kappa shape index (κ3) is 4.51. The van der Waals surface area contributed by atoms with E-state index in [4.69, 9.17) is 9.84 Å². The Kier molecular flexibility index (Phi) is 5.92. The number of aromatic carboxylic acids is 1. The lowest BCUT2D eigenvalue weighted by Gasteiger charge is -2.24. The van der Waals surface area contributed by atoms with Crippen LogP contribution in [-0.2, 0) is 11.3 Å². The van der Waals surface area contributed by atoms with E-state index in [-0.39, 0.29) is 24.3 Å². The summed E-state index contributed by atoms with van der Waals surface area (Å²) in [5.41, 5.74) is 0.710. The number of likely N-dealkylation sites (N-methyl/N-ethyl adjacent to an activating group) is 1. The smallest absolute Gasteiger partial charge is 0.354 e. The largest absolute Gasteiger partial charge is 0.477 e. The molecule has 7 heteroatoms. The van der Waals surface area contributed by atoms with E-state index in [9.17, 15) is 9.59 Å². The Morgan fingerprint density at radius 1 is 1.50 bits per heavy atom. The number of hydrogen-bond donors (Lipinski definition) is 2. The molecule has 1 rings (SSSR count). The number of pyridine rings is 1. The summed E-state index contributed by atoms with van der Waals surface area (Å²) in [6.07, 6.45) is 1.43. The molecule has 20 heavy (non-hydrogen) atoms. The lowest BCUT2D eigenvalue weighted by atomic mass is 10.2. The molecule has 0 aliphatic rings. The van der Waals surface area contributed by atoms with Crippen LogP contribution in [0.5, 0.6) is 0 Å². The van der Waals surface area contributed by atoms with Crippen LogP contribution >= 0.6 is 0 Å². The molecule has 0 fully saturated rings. The van der Waals surface area contributed by atoms with E-state index >= 15 is 0 Å². The molecule has 2 N–H and O–H groups in total. The summed E-state index contributed by atoms with van der Waals surface area (Å²) in [5, 5.41) is 11.5. The minimum absolute atomic E-state index is 0.0223. The summed E-state index contributed by atoms with van der Waals surface area (Å²) in [7, 11) is 3.27. The van der Waals surface area contributed by atoms with Crippen molar-refractivity contribution in [2.75, 3.05) is 20.8 Å². The summed E-state index contributed by atoms with van der Waals surface area (Å²) < 4.78 is 4.99. The van der Waals surface area contributed by atoms with Crippen LogP contribution < -0.4 is 5.32 Å². The Bertz CT molecular complexity index is 461. The number of ether oxygens (including phenoxy) is 1. The molecule has 2 amide bonds. The van der Waals surface area contributed by atoms with E-state index in [1.807, 2.05) is 6.92 Å². The Balaban J connectivity index is 2.50. The molecule has 1 unspecified atom stereocenters. The molecule has 1 atom stereocenters. The Hall–Kier alpha value is -2.15. The molecule has 1 heterocycles. The first kappa shape index (κ1) is 15.9. The zero-order valence-corrected chi connectivity index (χ0v) is 11.8. The van der Waals surface area contributed by atoms with Gasteiger partial charge in [-0.2, -0.15) is 0 Å². The van der Waals surface area contributed by atoms with Gasteiger partial charge in [0, 0.05) is 26.9 Å². The number of carboxylic acid groups (broad SMARTS) is 1. The van der Waals surface area contributed by atoms with Gasteiger partial charge < -0.3 is 20.1 Å². The number of nitrogens with one attached hydrogen (secondary N) is 1. The first-order valence-electron chi connectivity index (χ1n) is 6.13. The third-order valence-electron chi connectivity index (χ3n) is 2.88. The van der Waals surface area contributed by atoms with Gasteiger partial charge in [0.2, 0.25) is 0 Å². The van der Waals surface area contributed by atoms with Gasteiger partial charge >= 0.3 is 12.0 Å². The molecular weight excluding hydrogens is 262 g/mol. The molecule has 1 aromatic heterocycles. The summed E-state index contributed by atoms with van der Waals surface area (Å²) in [5.74, 6) is -1.08. The van der Waals surface area contributed by atoms with Gasteiger partial charge in [-0.05, 0) is 18.6 Å². The average Bonchev–Trinajstić information content (AvgIpc) is 2.44. The molecule has 7 nitrogen and oxygen atoms in total. The van der Waals surface area contributed by atoms with Gasteiger partial charge in [0.25, 0.3) is 0 Å². The van der Waals surface area contributed by atoms with Crippen molar-refractivity contribution in [1.82, 2.24) is 15.2 Å². The van der Waals surface area contributed by atoms with E-state index in [0.29, 0.717) is 6.61 Å². The summed E-state index contributed by atoms with van der Waals surface area (Å²) in [6, 6.07) is 2.76. The normalized spacial score (nSPS) is 11.8. The molecule has 0 saturated carbocycles. The quantitative estimate of drug-likeness (QED) is 0.810. The SMILES string of the molecule is COCC(C)N(C)C(=O)NCc1ccc(C(=O)O)nc1. The molecule has 0 aromatic carbocycles. The van der Waals surface area contributed by atoms with Crippen LogP contribution in [0.1, 0.15) is 23.0 Å². The maximum atomic E-state index is 11.9. The Morgan fingerprint density at radius 3 is 2.70 bits per heavy atom. The van der Waals surface area contributed by atoms with E-state index in [0.717, 1.165) is 5.56 Å². The number of hydrogen-bond acceptors (Lipinski definition) is 4. The Labute approximate surface area is 117 Å². The predicted molar refractivity (Wildman–Crippen MR) is 72.5 cm³/mol. The number of carbonyl (C=O) groups is 2. The molecule has 0 saturated heterocycles. The second kappa shape index (κ2) is 7.44. The van der Waals surface area contributed by atoms with Crippen LogP contribution in [-0.4, -0.2) is 53.8 Å². The van der Waals surface area contributed by atoms with Crippen molar-refractivity contribution in [3.05, 3.63) is 29.6 Å². The zero-order chi connectivity index (χ0) is 15.1. The highest BCUT2D eigenvalue weighted by Gasteiger charge is 2.15. The molecule has 0 radical (unpaired) electrons. The van der Waals surface area contributed by atoms with Crippen LogP contribution in [0.15, 0.2) is 18.3 Å². The van der Waals surface area contributed by atoms with Crippen molar-refractivity contribution >= 4 is 12.0 Å². The molecular formula is C13H19N3O4. The van der Waals surface area contributed by atoms with Crippen LogP contribution in [0.4, 0.5) is 4.79 Å². The zero-order valence-electron chi connectivity index (χ0n) is 11.8. The van der Waals surface area contributed by atoms with E-state index in [2.05, 4.69) is 10.3 Å². The van der Waals surface area contributed by atoms with E-state index in [1.54, 1.807) is 25.1 Å². The third-order valence-corrected chi connectivity index (χ3v) is 2.88. The highest BCUT2D eigenvalue weighted by molar-refractivity contribution is 5.85. The highest BCUT2D eigenvalue weighted by Crippen LogP contribution is 2.02. The fraction of sp³-hybridized carbons (Fsp3) is 0.462. The summed E-state index contributed by atoms with van der Waals surface area (Å²) in [4.78, 5) is 27.8. The topological polar surface area (TPSA) is 91.8 Å². The van der Waals surface area contributed by atoms with Crippen molar-refractivity contribution in [1.29, 1.82) is 0 Å². The molecule has 0 bridgehead atoms. The van der Waals surface area contributed by atoms with Crippen molar-refractivity contribution in [3.8, 4) is 0 Å². The lowest BCUT2D eigenvalue weighted by molar-refractivity contribution is 0.0690. The van der Waals surface area contributed by atoms with Gasteiger partial charge in [-0.15, -0.1) is 0 Å². The minimum Gasteiger partial charge on any atom is -0.477 e. The second-order valence-corrected chi connectivity index (χ2v) is 4.43. The standard InChI is InChI=1S/C13H19N3O4/c1-9(8-20-3)16(2)13(19)15-7-10-4-5-11(12(17)18)14-6-10/h4-6,9H,7-8H2,1-3H3,(H,15,19)(H,17,18). The molecule has 0 aliphatic carbocycles. The predicted octanol–water partition coefficient (Wildman–Crippen LogP) is 0.956. The van der Waals surface area contributed by atoms with Crippen molar-refractivity contribution in [2.24, 2.45) is 0 Å². The van der Waals surface area contributed by atoms with Gasteiger partial charge in [0.15, 0.2) is 0 Å². The van der Waals surface area contributed by atoms with Gasteiger partial charge in [-0.25, -0.2) is 14.6 Å². The Morgan fingerprint density at radius 2 is 2.20 bits per heavy atom. The number of aromatic nitrogens is 1. The summed E-state index contributed by atoms with van der Waals surface area (Å²) in [6.45, 7) is 2.63. The lowest BCUT2D eigenvalue weighted by Crippen LogP contribution is -2.43. The number of carbonyl (C=O) groups excluding carboxylic acids is 1. The number of urea groups is 1. The minimum atomic E-state index is -1.08. The molecule has 0 spiro atoms. The molecule has 110 valence electrons. The number of amides is 2. The highest BCUT2D eigenvalue weighted by atomic mass is 16.5. The van der Waals surface area contributed by atoms with Gasteiger partial charge in [-0.3, -0.25) is 0 Å². The maximum absolute atomic E-state index is 11.9. The summed E-state index contributed by atoms with van der Waals surface area (Å²) >= 11 is 0. The number of methoxy groups -OCH3 is 1.